The van der Waals surface area contributed by atoms with Gasteiger partial charge in [-0.1, -0.05) is 11.3 Å². The Bertz CT molecular complexity index is 1370. The van der Waals surface area contributed by atoms with Crippen LogP contribution in [0.1, 0.15) is 29.8 Å². The summed E-state index contributed by atoms with van der Waals surface area (Å²) in [6.45, 7) is -0.592. The maximum Gasteiger partial charge on any atom is 0.258 e. The quantitative estimate of drug-likeness (QED) is 0.429. The number of methoxy groups -OCH3 is 2. The third kappa shape index (κ3) is 4.20. The minimum atomic E-state index is -2.74. The van der Waals surface area contributed by atoms with Crippen LogP contribution in [0.15, 0.2) is 24.4 Å². The maximum absolute atomic E-state index is 13.0. The van der Waals surface area contributed by atoms with Crippen LogP contribution in [0.2, 0.25) is 0 Å². The highest BCUT2D eigenvalue weighted by Gasteiger charge is 2.23. The van der Waals surface area contributed by atoms with E-state index < -0.39 is 20.0 Å². The first-order valence-corrected chi connectivity index (χ1v) is 10.7. The van der Waals surface area contributed by atoms with Gasteiger partial charge in [0.1, 0.15) is 17.7 Å². The zero-order valence-corrected chi connectivity index (χ0v) is 17.9. The van der Waals surface area contributed by atoms with Gasteiger partial charge in [0, 0.05) is 24.9 Å². The number of rotatable bonds is 7. The van der Waals surface area contributed by atoms with Crippen LogP contribution in [0.5, 0.6) is 5.88 Å². The second kappa shape index (κ2) is 8.89. The average molecular weight is 461 g/mol. The summed E-state index contributed by atoms with van der Waals surface area (Å²) < 4.78 is 60.7. The van der Waals surface area contributed by atoms with E-state index in [0.29, 0.717) is 33.2 Å². The normalized spacial score (nSPS) is 20.7. The molecule has 1 aliphatic carbocycles. The van der Waals surface area contributed by atoms with E-state index in [1.165, 1.54) is 0 Å². The number of alkyl halides is 2. The number of nitrogens with one attached hydrogen (secondary N) is 2. The number of fused-ring (bicyclic) bond motifs is 2. The zero-order chi connectivity index (χ0) is 25.4. The number of hydrogen-bond donors (Lipinski definition) is 2. The van der Waals surface area contributed by atoms with E-state index >= 15 is 0 Å². The molecule has 1 saturated carbocycles. The number of ether oxygens (including phenoxy) is 2. The van der Waals surface area contributed by atoms with Gasteiger partial charge in [-0.25, -0.2) is 13.5 Å². The van der Waals surface area contributed by atoms with Gasteiger partial charge in [-0.05, 0) is 43.4 Å². The number of benzene rings is 1. The summed E-state index contributed by atoms with van der Waals surface area (Å²) in [7, 11) is -1.04. The summed E-state index contributed by atoms with van der Waals surface area (Å²) in [6, 6.07) is 5.19. The highest BCUT2D eigenvalue weighted by Crippen LogP contribution is 2.35. The molecule has 0 aliphatic heterocycles. The first kappa shape index (κ1) is 18.1. The van der Waals surface area contributed by atoms with Crippen LogP contribution in [0.25, 0.3) is 33.2 Å². The SMILES string of the molecule is [2H]C([2H])([2H])Oc1nc(NC2CCC(OC)CC2)nc2[nH]cc(-c3ccc4nnn(CC(F)F)c4c3)c12. The Kier molecular flexibility index (Phi) is 4.88. The van der Waals surface area contributed by atoms with E-state index in [1.807, 2.05) is 0 Å². The molecule has 174 valence electrons. The molecule has 0 radical (unpaired) electrons. The predicted octanol–water partition coefficient (Wildman–Crippen LogP) is 4.01. The van der Waals surface area contributed by atoms with Crippen LogP contribution >= 0.6 is 0 Å². The van der Waals surface area contributed by atoms with Crippen LogP contribution in [0, 0.1) is 0 Å². The highest BCUT2D eigenvalue weighted by atomic mass is 19.3. The third-order valence-electron chi connectivity index (χ3n) is 6.07. The fraction of sp³-hybridized carbons (Fsp3) is 0.455. The van der Waals surface area contributed by atoms with Crippen molar-refractivity contribution >= 4 is 28.0 Å². The zero-order valence-electron chi connectivity index (χ0n) is 20.9. The van der Waals surface area contributed by atoms with Gasteiger partial charge >= 0.3 is 0 Å². The van der Waals surface area contributed by atoms with Crippen LogP contribution in [-0.4, -0.2) is 62.7 Å². The number of aromatic amines is 1. The molecule has 3 heterocycles. The second-order valence-corrected chi connectivity index (χ2v) is 8.10. The van der Waals surface area contributed by atoms with Gasteiger partial charge < -0.3 is 19.8 Å². The molecular weight excluding hydrogens is 432 g/mol. The van der Waals surface area contributed by atoms with Crippen molar-refractivity contribution in [1.29, 1.82) is 0 Å². The number of nitrogens with zero attached hydrogens (tertiary/aromatic N) is 5. The Morgan fingerprint density at radius 2 is 2.12 bits per heavy atom. The summed E-state index contributed by atoms with van der Waals surface area (Å²) in [6.07, 6.45) is 2.84. The molecule has 0 unspecified atom stereocenters. The van der Waals surface area contributed by atoms with Gasteiger partial charge in [-0.3, -0.25) is 0 Å². The number of hydrogen-bond acceptors (Lipinski definition) is 7. The van der Waals surface area contributed by atoms with Gasteiger partial charge in [0.2, 0.25) is 11.8 Å². The van der Waals surface area contributed by atoms with Crippen LogP contribution in [0.3, 0.4) is 0 Å². The van der Waals surface area contributed by atoms with E-state index in [0.717, 1.165) is 30.4 Å². The Morgan fingerprint density at radius 3 is 2.88 bits per heavy atom. The summed E-state index contributed by atoms with van der Waals surface area (Å²) in [4.78, 5) is 12.0. The Balaban J connectivity index is 1.53. The molecule has 1 fully saturated rings. The molecule has 11 heteroatoms. The van der Waals surface area contributed by atoms with E-state index in [9.17, 15) is 8.78 Å². The molecule has 0 atom stereocenters. The summed E-state index contributed by atoms with van der Waals surface area (Å²) in [5, 5.41) is 11.4. The van der Waals surface area contributed by atoms with Gasteiger partial charge in [-0.2, -0.15) is 9.97 Å². The summed E-state index contributed by atoms with van der Waals surface area (Å²) in [5.41, 5.74) is 2.44. The monoisotopic (exact) mass is 460 g/mol. The Hall–Kier alpha value is -3.34. The van der Waals surface area contributed by atoms with Crippen molar-refractivity contribution in [3.8, 4) is 17.0 Å². The second-order valence-electron chi connectivity index (χ2n) is 8.10. The molecule has 0 bridgehead atoms. The lowest BCUT2D eigenvalue weighted by atomic mass is 9.93. The van der Waals surface area contributed by atoms with Gasteiger partial charge in [0.05, 0.1) is 28.2 Å². The van der Waals surface area contributed by atoms with Crippen molar-refractivity contribution in [1.82, 2.24) is 29.9 Å². The lowest BCUT2D eigenvalue weighted by Gasteiger charge is -2.28. The van der Waals surface area contributed by atoms with Crippen LogP contribution in [0.4, 0.5) is 14.7 Å². The Labute approximate surface area is 192 Å². The smallest absolute Gasteiger partial charge is 0.258 e. The van der Waals surface area contributed by atoms with E-state index in [4.69, 9.17) is 13.6 Å². The fourth-order valence-corrected chi connectivity index (χ4v) is 4.39. The number of H-pyrrole nitrogens is 1. The molecule has 0 saturated heterocycles. The molecular formula is C22H25F2N7O2. The van der Waals surface area contributed by atoms with Crippen molar-refractivity contribution in [2.75, 3.05) is 19.5 Å². The molecule has 1 aliphatic rings. The number of aromatic nitrogens is 6. The highest BCUT2D eigenvalue weighted by molar-refractivity contribution is 5.99. The molecule has 0 spiro atoms. The molecule has 0 amide bonds. The molecule has 1 aromatic carbocycles. The van der Waals surface area contributed by atoms with Crippen molar-refractivity contribution in [2.24, 2.45) is 0 Å². The lowest BCUT2D eigenvalue weighted by molar-refractivity contribution is 0.0681. The number of anilines is 1. The van der Waals surface area contributed by atoms with Crippen LogP contribution in [-0.2, 0) is 11.3 Å². The molecule has 5 rings (SSSR count). The lowest BCUT2D eigenvalue weighted by Crippen LogP contribution is -2.29. The predicted molar refractivity (Wildman–Crippen MR) is 120 cm³/mol. The topological polar surface area (TPSA) is 103 Å². The van der Waals surface area contributed by atoms with E-state index in [2.05, 4.69) is 30.6 Å². The molecule has 4 aromatic rings. The van der Waals surface area contributed by atoms with Gasteiger partial charge in [-0.15, -0.1) is 5.10 Å². The molecule has 9 nitrogen and oxygen atoms in total. The first-order chi connectivity index (χ1) is 17.2. The van der Waals surface area contributed by atoms with E-state index in [-0.39, 0.29) is 24.0 Å². The third-order valence-corrected chi connectivity index (χ3v) is 6.07. The molecule has 2 N–H and O–H groups in total. The molecule has 33 heavy (non-hydrogen) atoms. The van der Waals surface area contributed by atoms with Crippen molar-refractivity contribution in [3.63, 3.8) is 0 Å². The molecule has 3 aromatic heterocycles. The van der Waals surface area contributed by atoms with Crippen LogP contribution < -0.4 is 10.1 Å². The van der Waals surface area contributed by atoms with Crippen molar-refractivity contribution < 1.29 is 22.4 Å². The number of halogens is 2. The van der Waals surface area contributed by atoms with Gasteiger partial charge in [0.15, 0.2) is 0 Å². The van der Waals surface area contributed by atoms with E-state index in [1.54, 1.807) is 31.5 Å². The maximum atomic E-state index is 13.0. The van der Waals surface area contributed by atoms with Crippen molar-refractivity contribution in [3.05, 3.63) is 24.4 Å². The van der Waals surface area contributed by atoms with Gasteiger partial charge in [0.25, 0.3) is 6.43 Å². The van der Waals surface area contributed by atoms with Crippen molar-refractivity contribution in [2.45, 2.75) is 50.8 Å². The summed E-state index contributed by atoms with van der Waals surface area (Å²) >= 11 is 0. The average Bonchev–Trinajstić information content (AvgIpc) is 3.42. The first-order valence-electron chi connectivity index (χ1n) is 12.2. The largest absolute Gasteiger partial charge is 0.480 e. The standard InChI is InChI=1S/C22H25F2N7O2/c1-32-14-6-4-13(5-7-14)26-22-27-20-19(21(28-22)33-2)15(10-25-20)12-3-8-16-17(9-12)31(30-29-16)11-18(23)24/h3,8-10,13-14,18H,4-7,11H2,1-2H3,(H2,25,26,27,28)/i2D3. The minimum absolute atomic E-state index is 0.108. The summed E-state index contributed by atoms with van der Waals surface area (Å²) in [5.74, 6) is 0.148. The minimum Gasteiger partial charge on any atom is -0.480 e. The Morgan fingerprint density at radius 1 is 1.27 bits per heavy atom. The fourth-order valence-electron chi connectivity index (χ4n) is 4.39.